The summed E-state index contributed by atoms with van der Waals surface area (Å²) in [5.74, 6) is 0.713. The van der Waals surface area contributed by atoms with Gasteiger partial charge in [0.15, 0.2) is 11.5 Å². The Morgan fingerprint density at radius 3 is 2.73 bits per heavy atom. The molecule has 0 saturated heterocycles. The molecule has 1 aromatic heterocycles. The first-order valence-corrected chi connectivity index (χ1v) is 8.44. The summed E-state index contributed by atoms with van der Waals surface area (Å²) in [7, 11) is 1.48. The van der Waals surface area contributed by atoms with E-state index in [0.717, 1.165) is 11.0 Å². The number of methoxy groups -OCH3 is 1. The van der Waals surface area contributed by atoms with Crippen LogP contribution in [0, 0.1) is 11.3 Å². The van der Waals surface area contributed by atoms with Crippen LogP contribution in [0.3, 0.4) is 0 Å². The van der Waals surface area contributed by atoms with Crippen molar-refractivity contribution in [3.05, 3.63) is 52.3 Å². The van der Waals surface area contributed by atoms with Crippen molar-refractivity contribution in [3.63, 3.8) is 0 Å². The number of fused-ring (bicyclic) bond motifs is 1. The number of nitriles is 1. The molecule has 6 nitrogen and oxygen atoms in total. The number of nitrogens with zero attached hydrogens (tertiary/aromatic N) is 2. The fraction of sp³-hybridized carbons (Fsp3) is 0.105. The zero-order valence-electron chi connectivity index (χ0n) is 14.0. The third-order valence-electron chi connectivity index (χ3n) is 3.60. The lowest BCUT2D eigenvalue weighted by atomic mass is 10.1. The molecule has 0 saturated carbocycles. The van der Waals surface area contributed by atoms with Gasteiger partial charge in [0.2, 0.25) is 0 Å². The smallest absolute Gasteiger partial charge is 0.308 e. The van der Waals surface area contributed by atoms with E-state index in [1.54, 1.807) is 18.2 Å². The Morgan fingerprint density at radius 2 is 2.08 bits per heavy atom. The lowest BCUT2D eigenvalue weighted by Gasteiger charge is -2.10. The zero-order valence-corrected chi connectivity index (χ0v) is 15.6. The lowest BCUT2D eigenvalue weighted by molar-refractivity contribution is -0.132. The minimum absolute atomic E-state index is 0.297. The van der Waals surface area contributed by atoms with Crippen LogP contribution in [0.2, 0.25) is 0 Å². The van der Waals surface area contributed by atoms with Gasteiger partial charge in [-0.1, -0.05) is 28.1 Å². The van der Waals surface area contributed by atoms with Crippen molar-refractivity contribution in [1.82, 2.24) is 9.97 Å². The van der Waals surface area contributed by atoms with Crippen molar-refractivity contribution in [2.75, 3.05) is 7.11 Å². The second-order valence-electron chi connectivity index (χ2n) is 5.39. The number of allylic oxidation sites excluding steroid dienone is 1. The van der Waals surface area contributed by atoms with E-state index in [2.05, 4.69) is 32.0 Å². The number of hydrogen-bond donors (Lipinski definition) is 1. The Balaban J connectivity index is 2.06. The maximum absolute atomic E-state index is 11.2. The molecule has 0 fully saturated rings. The zero-order chi connectivity index (χ0) is 18.7. The van der Waals surface area contributed by atoms with Crippen LogP contribution >= 0.6 is 15.9 Å². The minimum atomic E-state index is -0.446. The van der Waals surface area contributed by atoms with Gasteiger partial charge in [-0.2, -0.15) is 5.26 Å². The summed E-state index contributed by atoms with van der Waals surface area (Å²) in [5.41, 5.74) is 2.69. The van der Waals surface area contributed by atoms with Gasteiger partial charge >= 0.3 is 5.97 Å². The Morgan fingerprint density at radius 1 is 1.31 bits per heavy atom. The highest BCUT2D eigenvalue weighted by molar-refractivity contribution is 9.10. The van der Waals surface area contributed by atoms with Crippen molar-refractivity contribution in [2.24, 2.45) is 0 Å². The molecule has 0 spiro atoms. The molecule has 3 rings (SSSR count). The number of aromatic nitrogens is 2. The summed E-state index contributed by atoms with van der Waals surface area (Å²) in [6, 6.07) is 13.0. The molecule has 1 N–H and O–H groups in total. The number of para-hydroxylation sites is 2. The van der Waals surface area contributed by atoms with Gasteiger partial charge in [-0.15, -0.1) is 0 Å². The first kappa shape index (κ1) is 17.7. The maximum Gasteiger partial charge on any atom is 0.308 e. The number of carbonyl (C=O) groups excluding carboxylic acids is 1. The summed E-state index contributed by atoms with van der Waals surface area (Å²) < 4.78 is 11.1. The van der Waals surface area contributed by atoms with Gasteiger partial charge in [-0.3, -0.25) is 4.79 Å². The quantitative estimate of drug-likeness (QED) is 0.392. The minimum Gasteiger partial charge on any atom is -0.493 e. The number of nitrogens with one attached hydrogen (secondary N) is 1. The van der Waals surface area contributed by atoms with Crippen LogP contribution in [0.5, 0.6) is 11.5 Å². The molecule has 0 amide bonds. The van der Waals surface area contributed by atoms with Crippen molar-refractivity contribution in [2.45, 2.75) is 6.92 Å². The van der Waals surface area contributed by atoms with Crippen LogP contribution in [0.1, 0.15) is 18.3 Å². The number of hydrogen-bond acceptors (Lipinski definition) is 5. The van der Waals surface area contributed by atoms with Crippen LogP contribution in [0.15, 0.2) is 40.9 Å². The standard InChI is InChI=1S/C19H14BrN3O3/c1-11(24)26-18-9-14(20)12(8-17(18)25-2)7-13(10-21)19-22-15-5-3-4-6-16(15)23-19/h3-9H,1-2H3,(H,22,23). The molecule has 0 aliphatic heterocycles. The van der Waals surface area contributed by atoms with Crippen molar-refractivity contribution < 1.29 is 14.3 Å². The normalized spacial score (nSPS) is 11.2. The molecule has 0 bridgehead atoms. The van der Waals surface area contributed by atoms with Crippen LogP contribution in [0.4, 0.5) is 0 Å². The van der Waals surface area contributed by atoms with E-state index in [1.165, 1.54) is 14.0 Å². The maximum atomic E-state index is 11.2. The summed E-state index contributed by atoms with van der Waals surface area (Å²) >= 11 is 3.43. The Labute approximate surface area is 158 Å². The fourth-order valence-electron chi connectivity index (χ4n) is 2.45. The first-order chi connectivity index (χ1) is 12.5. The molecule has 0 unspecified atom stereocenters. The van der Waals surface area contributed by atoms with E-state index in [-0.39, 0.29) is 0 Å². The second kappa shape index (κ2) is 7.42. The predicted octanol–water partition coefficient (Wildman–Crippen LogP) is 4.32. The van der Waals surface area contributed by atoms with Crippen LogP contribution in [-0.2, 0) is 4.79 Å². The van der Waals surface area contributed by atoms with Crippen molar-refractivity contribution in [3.8, 4) is 17.6 Å². The average molecular weight is 412 g/mol. The molecule has 2 aromatic carbocycles. The number of carbonyl (C=O) groups is 1. The highest BCUT2D eigenvalue weighted by Crippen LogP contribution is 2.35. The topological polar surface area (TPSA) is 88.0 Å². The molecule has 130 valence electrons. The fourth-order valence-corrected chi connectivity index (χ4v) is 2.88. The van der Waals surface area contributed by atoms with Gasteiger partial charge in [0.1, 0.15) is 11.9 Å². The summed E-state index contributed by atoms with van der Waals surface area (Å²) in [6.07, 6.45) is 1.68. The Kier molecular flexibility index (Phi) is 5.05. The van der Waals surface area contributed by atoms with E-state index < -0.39 is 5.97 Å². The molecular weight excluding hydrogens is 398 g/mol. The molecule has 0 atom stereocenters. The monoisotopic (exact) mass is 411 g/mol. The molecule has 26 heavy (non-hydrogen) atoms. The van der Waals surface area contributed by atoms with Gasteiger partial charge in [0, 0.05) is 11.4 Å². The number of aromatic amines is 1. The number of H-pyrrole nitrogens is 1. The molecular formula is C19H14BrN3O3. The summed E-state index contributed by atoms with van der Waals surface area (Å²) in [6.45, 7) is 1.32. The van der Waals surface area contributed by atoms with E-state index in [1.807, 2.05) is 24.3 Å². The Hall–Kier alpha value is -3.11. The number of imidazole rings is 1. The van der Waals surface area contributed by atoms with E-state index in [4.69, 9.17) is 9.47 Å². The van der Waals surface area contributed by atoms with E-state index in [0.29, 0.717) is 32.9 Å². The molecule has 1 heterocycles. The van der Waals surface area contributed by atoms with Gasteiger partial charge in [-0.05, 0) is 35.9 Å². The molecule has 0 radical (unpaired) electrons. The van der Waals surface area contributed by atoms with Gasteiger partial charge < -0.3 is 14.5 Å². The van der Waals surface area contributed by atoms with E-state index in [9.17, 15) is 10.1 Å². The van der Waals surface area contributed by atoms with Gasteiger partial charge in [0.05, 0.1) is 23.7 Å². The van der Waals surface area contributed by atoms with Crippen LogP contribution in [-0.4, -0.2) is 23.0 Å². The number of ether oxygens (including phenoxy) is 2. The number of benzene rings is 2. The molecule has 3 aromatic rings. The lowest BCUT2D eigenvalue weighted by Crippen LogP contribution is -2.03. The molecule has 7 heteroatoms. The second-order valence-corrected chi connectivity index (χ2v) is 6.24. The first-order valence-electron chi connectivity index (χ1n) is 7.64. The third kappa shape index (κ3) is 3.60. The molecule has 0 aliphatic carbocycles. The highest BCUT2D eigenvalue weighted by atomic mass is 79.9. The highest BCUT2D eigenvalue weighted by Gasteiger charge is 2.13. The van der Waals surface area contributed by atoms with Crippen molar-refractivity contribution >= 4 is 44.6 Å². The predicted molar refractivity (Wildman–Crippen MR) is 102 cm³/mol. The van der Waals surface area contributed by atoms with Gasteiger partial charge in [-0.25, -0.2) is 4.98 Å². The van der Waals surface area contributed by atoms with Crippen molar-refractivity contribution in [1.29, 1.82) is 5.26 Å². The largest absolute Gasteiger partial charge is 0.493 e. The summed E-state index contributed by atoms with van der Waals surface area (Å²) in [4.78, 5) is 18.8. The average Bonchev–Trinajstić information content (AvgIpc) is 3.04. The van der Waals surface area contributed by atoms with Crippen LogP contribution in [0.25, 0.3) is 22.7 Å². The third-order valence-corrected chi connectivity index (χ3v) is 4.29. The van der Waals surface area contributed by atoms with Gasteiger partial charge in [0.25, 0.3) is 0 Å². The van der Waals surface area contributed by atoms with E-state index >= 15 is 0 Å². The SMILES string of the molecule is COc1cc(C=C(C#N)c2nc3ccccc3[nH]2)c(Br)cc1OC(C)=O. The Bertz CT molecular complexity index is 1030. The van der Waals surface area contributed by atoms with Crippen LogP contribution < -0.4 is 9.47 Å². The molecule has 0 aliphatic rings. The number of halogens is 1. The number of esters is 1. The number of rotatable bonds is 4. The summed E-state index contributed by atoms with van der Waals surface area (Å²) in [5, 5.41) is 9.56.